The largest absolute Gasteiger partial charge is 0.488 e. The van der Waals surface area contributed by atoms with Gasteiger partial charge in [0.15, 0.2) is 0 Å². The number of hydrogen-bond acceptors (Lipinski definition) is 5. The van der Waals surface area contributed by atoms with Crippen LogP contribution in [0.4, 0.5) is 13.2 Å². The molecule has 1 aliphatic heterocycles. The minimum absolute atomic E-state index is 0.0737. The number of nitrogens with one attached hydrogen (secondary N) is 2. The Bertz CT molecular complexity index is 1290. The minimum atomic E-state index is -2.66. The van der Waals surface area contributed by atoms with Crippen molar-refractivity contribution in [2.75, 3.05) is 19.6 Å². The average molecular weight is 473 g/mol. The molecule has 0 amide bonds. The van der Waals surface area contributed by atoms with Gasteiger partial charge in [-0.1, -0.05) is 0 Å². The van der Waals surface area contributed by atoms with E-state index in [0.29, 0.717) is 23.3 Å². The number of halogens is 3. The highest BCUT2D eigenvalue weighted by molar-refractivity contribution is 5.54. The van der Waals surface area contributed by atoms with Gasteiger partial charge in [0.25, 0.3) is 6.43 Å². The van der Waals surface area contributed by atoms with Crippen LogP contribution in [0.25, 0.3) is 5.52 Å². The standard InChI is InChI=1S/C24H27F3N6O/c1-15-30-10-17-4-5-20(22(23(26)27)33(15)17)34-18-8-24(9-18)12-31(13-24)6-2-3-16-7-21(29)32(14-28)11-19(16)25/h4-5,7,10-11,14,18,23,28-29H,2-3,6,8-9,12-13H2,1H3. The predicted octanol–water partition coefficient (Wildman–Crippen LogP) is 3.93. The number of aryl methyl sites for hydroxylation is 2. The summed E-state index contributed by atoms with van der Waals surface area (Å²) in [6.07, 6.45) is 3.93. The zero-order valence-corrected chi connectivity index (χ0v) is 18.9. The van der Waals surface area contributed by atoms with Crippen molar-refractivity contribution in [3.05, 3.63) is 59.0 Å². The fourth-order valence-corrected chi connectivity index (χ4v) is 5.42. The van der Waals surface area contributed by atoms with Crippen molar-refractivity contribution in [2.45, 2.75) is 45.1 Å². The lowest BCUT2D eigenvalue weighted by Crippen LogP contribution is -2.64. The van der Waals surface area contributed by atoms with Crippen molar-refractivity contribution in [1.29, 1.82) is 10.8 Å². The molecule has 3 aromatic rings. The van der Waals surface area contributed by atoms with Crippen molar-refractivity contribution in [3.63, 3.8) is 0 Å². The molecule has 0 atom stereocenters. The van der Waals surface area contributed by atoms with E-state index in [-0.39, 0.29) is 28.5 Å². The number of rotatable bonds is 8. The van der Waals surface area contributed by atoms with Crippen LogP contribution in [0.2, 0.25) is 0 Å². The van der Waals surface area contributed by atoms with Crippen LogP contribution in [0, 0.1) is 29.0 Å². The summed E-state index contributed by atoms with van der Waals surface area (Å²) < 4.78 is 50.3. The zero-order chi connectivity index (χ0) is 24.0. The maximum atomic E-state index is 14.1. The number of hydrogen-bond donors (Lipinski definition) is 2. The van der Waals surface area contributed by atoms with Crippen LogP contribution in [0.15, 0.2) is 30.6 Å². The van der Waals surface area contributed by atoms with Gasteiger partial charge in [-0.25, -0.2) is 18.2 Å². The molecule has 1 spiro atoms. The summed E-state index contributed by atoms with van der Waals surface area (Å²) in [7, 11) is 0. The third kappa shape index (κ3) is 4.00. The average Bonchev–Trinajstić information content (AvgIpc) is 3.12. The Hall–Kier alpha value is -3.14. The highest BCUT2D eigenvalue weighted by atomic mass is 19.3. The highest BCUT2D eigenvalue weighted by Gasteiger charge is 2.53. The SMILES string of the molecule is Cc1ncc2ccc(OC3CC4(C3)CN(CCCc3cc(=N)n(C=N)cc3F)C4)c(C(F)F)n12. The third-order valence-corrected chi connectivity index (χ3v) is 7.01. The second kappa shape index (κ2) is 8.57. The lowest BCUT2D eigenvalue weighted by Gasteiger charge is -2.58. The van der Waals surface area contributed by atoms with Crippen LogP contribution in [0.1, 0.15) is 42.8 Å². The van der Waals surface area contributed by atoms with Gasteiger partial charge in [-0.3, -0.25) is 19.8 Å². The summed E-state index contributed by atoms with van der Waals surface area (Å²) in [6, 6.07) is 4.84. The molecular weight excluding hydrogens is 445 g/mol. The van der Waals surface area contributed by atoms with Crippen molar-refractivity contribution in [3.8, 4) is 5.75 Å². The first-order valence-electron chi connectivity index (χ1n) is 11.4. The summed E-state index contributed by atoms with van der Waals surface area (Å²) in [4.78, 5) is 6.46. The molecule has 3 aromatic heterocycles. The van der Waals surface area contributed by atoms with E-state index in [1.165, 1.54) is 16.7 Å². The number of imidazole rings is 1. The summed E-state index contributed by atoms with van der Waals surface area (Å²) in [5.41, 5.74) is 1.26. The van der Waals surface area contributed by atoms with Gasteiger partial charge in [-0.15, -0.1) is 0 Å². The van der Waals surface area contributed by atoms with Gasteiger partial charge in [-0.05, 0) is 62.9 Å². The Morgan fingerprint density at radius 3 is 2.76 bits per heavy atom. The topological polar surface area (TPSA) is 82.4 Å². The van der Waals surface area contributed by atoms with E-state index in [1.54, 1.807) is 25.3 Å². The number of likely N-dealkylation sites (tertiary alicyclic amines) is 1. The van der Waals surface area contributed by atoms with E-state index in [0.717, 1.165) is 49.8 Å². The number of nitrogens with zero attached hydrogens (tertiary/aromatic N) is 4. The Balaban J connectivity index is 1.12. The second-order valence-corrected chi connectivity index (χ2v) is 9.48. The summed E-state index contributed by atoms with van der Waals surface area (Å²) in [6.45, 7) is 4.41. The first-order valence-corrected chi connectivity index (χ1v) is 11.4. The van der Waals surface area contributed by atoms with Gasteiger partial charge < -0.3 is 9.64 Å². The monoisotopic (exact) mass is 472 g/mol. The van der Waals surface area contributed by atoms with Crippen LogP contribution in [0.3, 0.4) is 0 Å². The normalized spacial score (nSPS) is 17.8. The smallest absolute Gasteiger partial charge is 0.282 e. The van der Waals surface area contributed by atoms with Crippen molar-refractivity contribution < 1.29 is 17.9 Å². The van der Waals surface area contributed by atoms with E-state index < -0.39 is 12.2 Å². The van der Waals surface area contributed by atoms with Crippen LogP contribution in [-0.4, -0.2) is 50.9 Å². The highest BCUT2D eigenvalue weighted by Crippen LogP contribution is 2.50. The van der Waals surface area contributed by atoms with Crippen LogP contribution >= 0.6 is 0 Å². The van der Waals surface area contributed by atoms with E-state index in [4.69, 9.17) is 15.6 Å². The number of ether oxygens (including phenoxy) is 1. The van der Waals surface area contributed by atoms with E-state index in [2.05, 4.69) is 9.88 Å². The van der Waals surface area contributed by atoms with Gasteiger partial charge in [0, 0.05) is 24.7 Å². The lowest BCUT2D eigenvalue weighted by atomic mass is 9.61. The Labute approximate surface area is 194 Å². The summed E-state index contributed by atoms with van der Waals surface area (Å²) in [5.74, 6) is 0.340. The lowest BCUT2D eigenvalue weighted by molar-refractivity contribution is -0.119. The molecule has 1 aliphatic carbocycles. The molecule has 5 rings (SSSR count). The van der Waals surface area contributed by atoms with Crippen molar-refractivity contribution >= 4 is 11.9 Å². The summed E-state index contributed by atoms with van der Waals surface area (Å²) >= 11 is 0. The van der Waals surface area contributed by atoms with Crippen molar-refractivity contribution in [1.82, 2.24) is 18.9 Å². The fraction of sp³-hybridized carbons (Fsp3) is 0.458. The van der Waals surface area contributed by atoms with Gasteiger partial charge in [-0.2, -0.15) is 0 Å². The molecular formula is C24H27F3N6O. The molecule has 2 fully saturated rings. The molecule has 10 heteroatoms. The molecule has 0 radical (unpaired) electrons. The zero-order valence-electron chi connectivity index (χ0n) is 18.9. The van der Waals surface area contributed by atoms with Crippen LogP contribution in [0.5, 0.6) is 5.75 Å². The molecule has 0 aromatic carbocycles. The molecule has 7 nitrogen and oxygen atoms in total. The van der Waals surface area contributed by atoms with E-state index in [1.807, 2.05) is 0 Å². The number of fused-ring (bicyclic) bond motifs is 1. The minimum Gasteiger partial charge on any atom is -0.488 e. The molecule has 1 saturated heterocycles. The molecule has 0 bridgehead atoms. The maximum absolute atomic E-state index is 14.1. The van der Waals surface area contributed by atoms with Gasteiger partial charge in [0.05, 0.1) is 18.1 Å². The van der Waals surface area contributed by atoms with Gasteiger partial charge in [0.2, 0.25) is 0 Å². The Morgan fingerprint density at radius 1 is 1.29 bits per heavy atom. The molecule has 2 aliphatic rings. The fourth-order valence-electron chi connectivity index (χ4n) is 5.42. The first-order chi connectivity index (χ1) is 16.3. The molecule has 1 saturated carbocycles. The maximum Gasteiger partial charge on any atom is 0.282 e. The quantitative estimate of drug-likeness (QED) is 0.385. The molecule has 2 N–H and O–H groups in total. The number of aromatic nitrogens is 3. The van der Waals surface area contributed by atoms with Gasteiger partial charge in [0.1, 0.15) is 34.7 Å². The van der Waals surface area contributed by atoms with E-state index in [9.17, 15) is 13.2 Å². The first kappa shape index (κ1) is 22.6. The Morgan fingerprint density at radius 2 is 2.06 bits per heavy atom. The molecule has 180 valence electrons. The van der Waals surface area contributed by atoms with Gasteiger partial charge >= 0.3 is 0 Å². The number of pyridine rings is 2. The molecule has 0 unspecified atom stereocenters. The predicted molar refractivity (Wildman–Crippen MR) is 120 cm³/mol. The molecule has 34 heavy (non-hydrogen) atoms. The second-order valence-electron chi connectivity index (χ2n) is 9.48. The van der Waals surface area contributed by atoms with E-state index >= 15 is 0 Å². The Kier molecular flexibility index (Phi) is 5.71. The summed E-state index contributed by atoms with van der Waals surface area (Å²) in [5, 5.41) is 15.0. The van der Waals surface area contributed by atoms with Crippen molar-refractivity contribution in [2.24, 2.45) is 5.41 Å². The van der Waals surface area contributed by atoms with Crippen LogP contribution < -0.4 is 10.2 Å². The number of alkyl halides is 2. The third-order valence-electron chi connectivity index (χ3n) is 7.01. The van der Waals surface area contributed by atoms with Crippen LogP contribution in [-0.2, 0) is 6.42 Å². The molecule has 4 heterocycles.